The van der Waals surface area contributed by atoms with E-state index < -0.39 is 0 Å². The minimum atomic E-state index is -0.109. The van der Waals surface area contributed by atoms with Crippen LogP contribution >= 0.6 is 0 Å². The van der Waals surface area contributed by atoms with Crippen molar-refractivity contribution in [3.63, 3.8) is 0 Å². The lowest BCUT2D eigenvalue weighted by Crippen LogP contribution is -2.21. The lowest BCUT2D eigenvalue weighted by Gasteiger charge is -2.25. The van der Waals surface area contributed by atoms with E-state index in [2.05, 4.69) is 13.0 Å². The molecule has 0 amide bonds. The number of ether oxygens (including phenoxy) is 1. The van der Waals surface area contributed by atoms with Gasteiger partial charge in [0.1, 0.15) is 6.10 Å². The Morgan fingerprint density at radius 3 is 2.27 bits per heavy atom. The van der Waals surface area contributed by atoms with Crippen molar-refractivity contribution in [1.82, 2.24) is 0 Å². The summed E-state index contributed by atoms with van der Waals surface area (Å²) in [5.41, 5.74) is 3.31. The summed E-state index contributed by atoms with van der Waals surface area (Å²) >= 11 is 0. The van der Waals surface area contributed by atoms with Crippen LogP contribution in [-0.4, -0.2) is 12.1 Å². The van der Waals surface area contributed by atoms with Gasteiger partial charge in [0.2, 0.25) is 0 Å². The molecule has 22 heavy (non-hydrogen) atoms. The van der Waals surface area contributed by atoms with Gasteiger partial charge < -0.3 is 4.74 Å². The van der Waals surface area contributed by atoms with Gasteiger partial charge in [0.15, 0.2) is 0 Å². The monoisotopic (exact) mass is 300 g/mol. The van der Waals surface area contributed by atoms with Crippen LogP contribution in [0.4, 0.5) is 0 Å². The third-order valence-electron chi connectivity index (χ3n) is 5.47. The van der Waals surface area contributed by atoms with Gasteiger partial charge in [-0.15, -0.1) is 0 Å². The average molecular weight is 300 g/mol. The Bertz CT molecular complexity index is 508. The molecule has 1 aromatic rings. The Hall–Kier alpha value is -1.31. The van der Waals surface area contributed by atoms with Crippen molar-refractivity contribution < 1.29 is 9.53 Å². The molecule has 0 aliphatic heterocycles. The predicted molar refractivity (Wildman–Crippen MR) is 89.3 cm³/mol. The molecular formula is C20H28O2. The van der Waals surface area contributed by atoms with Crippen LogP contribution in [0.1, 0.15) is 91.6 Å². The van der Waals surface area contributed by atoms with Crippen molar-refractivity contribution in [3.05, 3.63) is 34.9 Å². The molecule has 2 fully saturated rings. The summed E-state index contributed by atoms with van der Waals surface area (Å²) in [7, 11) is 0. The standard InChI is InChI=1S/C20H28O2/c1-15-18(16-9-4-2-5-10-16)13-8-14-19(15)20(21)22-17-11-6-3-7-12-17/h8,13-14,16-17H,2-7,9-12H2,1H3. The third-order valence-corrected chi connectivity index (χ3v) is 5.47. The highest BCUT2D eigenvalue weighted by atomic mass is 16.5. The third kappa shape index (κ3) is 3.53. The Kier molecular flexibility index (Phi) is 5.17. The molecule has 0 radical (unpaired) electrons. The van der Waals surface area contributed by atoms with Gasteiger partial charge in [0.05, 0.1) is 5.56 Å². The van der Waals surface area contributed by atoms with Gasteiger partial charge in [0, 0.05) is 0 Å². The first-order chi connectivity index (χ1) is 10.8. The summed E-state index contributed by atoms with van der Waals surface area (Å²) in [6.07, 6.45) is 12.4. The number of hydrogen-bond acceptors (Lipinski definition) is 2. The quantitative estimate of drug-likeness (QED) is 0.686. The lowest BCUT2D eigenvalue weighted by atomic mass is 9.81. The SMILES string of the molecule is Cc1c(C(=O)OC2CCCCC2)cccc1C1CCCCC1. The van der Waals surface area contributed by atoms with Crippen LogP contribution in [0.5, 0.6) is 0 Å². The second-order valence-corrected chi connectivity index (χ2v) is 7.02. The summed E-state index contributed by atoms with van der Waals surface area (Å²) in [6.45, 7) is 2.10. The average Bonchev–Trinajstić information content (AvgIpc) is 2.56. The van der Waals surface area contributed by atoms with Crippen molar-refractivity contribution in [2.24, 2.45) is 0 Å². The first-order valence-corrected chi connectivity index (χ1v) is 9.06. The number of carbonyl (C=O) groups excluding carboxylic acids is 1. The molecule has 1 aromatic carbocycles. The van der Waals surface area contributed by atoms with Crippen LogP contribution in [-0.2, 0) is 4.74 Å². The summed E-state index contributed by atoms with van der Waals surface area (Å²) in [5.74, 6) is 0.526. The largest absolute Gasteiger partial charge is 0.459 e. The predicted octanol–water partition coefficient (Wildman–Crippen LogP) is 5.53. The van der Waals surface area contributed by atoms with Gasteiger partial charge in [-0.1, -0.05) is 37.8 Å². The summed E-state index contributed by atoms with van der Waals surface area (Å²) in [4.78, 5) is 12.5. The van der Waals surface area contributed by atoms with E-state index in [-0.39, 0.29) is 12.1 Å². The fourth-order valence-corrected chi connectivity index (χ4v) is 4.13. The van der Waals surface area contributed by atoms with Crippen molar-refractivity contribution in [1.29, 1.82) is 0 Å². The second kappa shape index (κ2) is 7.30. The number of rotatable bonds is 3. The van der Waals surface area contributed by atoms with E-state index in [1.54, 1.807) is 0 Å². The van der Waals surface area contributed by atoms with Gasteiger partial charge in [-0.2, -0.15) is 0 Å². The molecule has 120 valence electrons. The zero-order valence-corrected chi connectivity index (χ0v) is 13.8. The molecule has 2 saturated carbocycles. The molecule has 2 nitrogen and oxygen atoms in total. The fraction of sp³-hybridized carbons (Fsp3) is 0.650. The first-order valence-electron chi connectivity index (χ1n) is 9.06. The van der Waals surface area contributed by atoms with E-state index >= 15 is 0 Å². The van der Waals surface area contributed by atoms with Crippen molar-refractivity contribution in [2.75, 3.05) is 0 Å². The van der Waals surface area contributed by atoms with E-state index in [4.69, 9.17) is 4.74 Å². The summed E-state index contributed by atoms with van der Waals surface area (Å²) < 4.78 is 5.76. The van der Waals surface area contributed by atoms with Crippen LogP contribution in [0, 0.1) is 6.92 Å². The zero-order valence-electron chi connectivity index (χ0n) is 13.8. The number of esters is 1. The van der Waals surface area contributed by atoms with Crippen molar-refractivity contribution in [2.45, 2.75) is 83.2 Å². The maximum Gasteiger partial charge on any atom is 0.338 e. The Morgan fingerprint density at radius 1 is 0.955 bits per heavy atom. The number of carbonyl (C=O) groups is 1. The lowest BCUT2D eigenvalue weighted by molar-refractivity contribution is 0.0210. The number of hydrogen-bond donors (Lipinski definition) is 0. The van der Waals surface area contributed by atoms with Crippen LogP contribution in [0.25, 0.3) is 0 Å². The van der Waals surface area contributed by atoms with E-state index in [0.29, 0.717) is 5.92 Å². The van der Waals surface area contributed by atoms with Crippen LogP contribution in [0.15, 0.2) is 18.2 Å². The highest BCUT2D eigenvalue weighted by molar-refractivity contribution is 5.91. The maximum absolute atomic E-state index is 12.5. The van der Waals surface area contributed by atoms with E-state index in [0.717, 1.165) is 24.0 Å². The van der Waals surface area contributed by atoms with E-state index in [1.165, 1.54) is 56.9 Å². The van der Waals surface area contributed by atoms with Gasteiger partial charge in [-0.25, -0.2) is 4.79 Å². The molecule has 0 atom stereocenters. The molecule has 2 aliphatic carbocycles. The van der Waals surface area contributed by atoms with Crippen LogP contribution in [0.3, 0.4) is 0 Å². The highest BCUT2D eigenvalue weighted by Crippen LogP contribution is 2.35. The molecule has 2 heteroatoms. The molecule has 0 N–H and O–H groups in total. The van der Waals surface area contributed by atoms with Gasteiger partial charge in [-0.05, 0) is 68.6 Å². The minimum absolute atomic E-state index is 0.109. The van der Waals surface area contributed by atoms with E-state index in [1.807, 2.05) is 12.1 Å². The first kappa shape index (κ1) is 15.6. The topological polar surface area (TPSA) is 26.3 Å². The molecular weight excluding hydrogens is 272 g/mol. The zero-order chi connectivity index (χ0) is 15.4. The Balaban J connectivity index is 1.73. The van der Waals surface area contributed by atoms with Gasteiger partial charge in [0.25, 0.3) is 0 Å². The number of benzene rings is 1. The molecule has 0 spiro atoms. The summed E-state index contributed by atoms with van der Waals surface area (Å²) in [5, 5.41) is 0. The maximum atomic E-state index is 12.5. The fourth-order valence-electron chi connectivity index (χ4n) is 4.13. The minimum Gasteiger partial charge on any atom is -0.459 e. The van der Waals surface area contributed by atoms with Gasteiger partial charge >= 0.3 is 5.97 Å². The molecule has 0 heterocycles. The normalized spacial score (nSPS) is 20.8. The van der Waals surface area contributed by atoms with Crippen molar-refractivity contribution in [3.8, 4) is 0 Å². The highest BCUT2D eigenvalue weighted by Gasteiger charge is 2.23. The molecule has 0 unspecified atom stereocenters. The van der Waals surface area contributed by atoms with Crippen LogP contribution < -0.4 is 0 Å². The summed E-state index contributed by atoms with van der Waals surface area (Å²) in [6, 6.07) is 6.18. The molecule has 0 bridgehead atoms. The van der Waals surface area contributed by atoms with Gasteiger partial charge in [-0.3, -0.25) is 0 Å². The Labute approximate surface area is 134 Å². The molecule has 0 aromatic heterocycles. The molecule has 3 rings (SSSR count). The van der Waals surface area contributed by atoms with Crippen molar-refractivity contribution >= 4 is 5.97 Å². The van der Waals surface area contributed by atoms with Crippen LogP contribution in [0.2, 0.25) is 0 Å². The second-order valence-electron chi connectivity index (χ2n) is 7.02. The van der Waals surface area contributed by atoms with E-state index in [9.17, 15) is 4.79 Å². The Morgan fingerprint density at radius 2 is 1.59 bits per heavy atom. The molecule has 2 aliphatic rings. The smallest absolute Gasteiger partial charge is 0.338 e. The molecule has 0 saturated heterocycles.